The largest absolute Gasteiger partial charge is 0.395 e. The number of aliphatic hydroxyl groups is 1. The second-order valence-corrected chi connectivity index (χ2v) is 4.87. The van der Waals surface area contributed by atoms with Crippen LogP contribution in [0.4, 0.5) is 5.69 Å². The molecule has 0 aliphatic carbocycles. The van der Waals surface area contributed by atoms with Crippen molar-refractivity contribution in [3.63, 3.8) is 0 Å². The van der Waals surface area contributed by atoms with Gasteiger partial charge in [-0.1, -0.05) is 19.1 Å². The first-order chi connectivity index (χ1) is 10.2. The van der Waals surface area contributed by atoms with Crippen molar-refractivity contribution >= 4 is 11.6 Å². The average Bonchev–Trinajstić information content (AvgIpc) is 2.48. The summed E-state index contributed by atoms with van der Waals surface area (Å²) < 4.78 is 0. The van der Waals surface area contributed by atoms with Gasteiger partial charge in [-0.3, -0.25) is 4.79 Å². The summed E-state index contributed by atoms with van der Waals surface area (Å²) >= 11 is 0. The summed E-state index contributed by atoms with van der Waals surface area (Å²) in [7, 11) is 0. The predicted molar refractivity (Wildman–Crippen MR) is 82.8 cm³/mol. The van der Waals surface area contributed by atoms with Crippen LogP contribution in [0.1, 0.15) is 31.7 Å². The van der Waals surface area contributed by atoms with Crippen molar-refractivity contribution in [1.29, 1.82) is 5.26 Å². The van der Waals surface area contributed by atoms with Gasteiger partial charge in [0.25, 0.3) is 0 Å². The fourth-order valence-corrected chi connectivity index (χ4v) is 2.16. The Morgan fingerprint density at radius 2 is 2.10 bits per heavy atom. The average molecular weight is 289 g/mol. The standard InChI is InChI=1S/C16H23N3O2/c1-2-9-19(11-12-20)10-5-8-16(21)18-15-7-4-3-6-14(15)13-17/h3-4,6-7,20H,2,5,8-12H2,1H3,(H,18,21). The monoisotopic (exact) mass is 289 g/mol. The lowest BCUT2D eigenvalue weighted by molar-refractivity contribution is -0.116. The molecule has 0 heterocycles. The molecule has 1 aromatic carbocycles. The molecule has 0 bridgehead atoms. The van der Waals surface area contributed by atoms with Crippen LogP contribution < -0.4 is 5.32 Å². The van der Waals surface area contributed by atoms with Crippen molar-refractivity contribution < 1.29 is 9.90 Å². The van der Waals surface area contributed by atoms with Crippen molar-refractivity contribution in [3.05, 3.63) is 29.8 Å². The lowest BCUT2D eigenvalue weighted by Gasteiger charge is -2.20. The third-order valence-corrected chi connectivity index (χ3v) is 3.16. The topological polar surface area (TPSA) is 76.4 Å². The molecule has 0 fully saturated rings. The van der Waals surface area contributed by atoms with Gasteiger partial charge in [-0.2, -0.15) is 5.26 Å². The summed E-state index contributed by atoms with van der Waals surface area (Å²) in [5, 5.41) is 20.7. The number of para-hydroxylation sites is 1. The Labute approximate surface area is 126 Å². The van der Waals surface area contributed by atoms with Crippen LogP contribution in [-0.2, 0) is 4.79 Å². The van der Waals surface area contributed by atoms with E-state index in [9.17, 15) is 4.79 Å². The number of rotatable bonds is 9. The highest BCUT2D eigenvalue weighted by Gasteiger charge is 2.08. The minimum atomic E-state index is -0.0850. The molecule has 0 spiro atoms. The molecule has 0 saturated carbocycles. The molecule has 0 aromatic heterocycles. The third-order valence-electron chi connectivity index (χ3n) is 3.16. The summed E-state index contributed by atoms with van der Waals surface area (Å²) in [5.74, 6) is -0.0850. The van der Waals surface area contributed by atoms with Gasteiger partial charge in [0.2, 0.25) is 5.91 Å². The molecule has 114 valence electrons. The van der Waals surface area contributed by atoms with Crippen molar-refractivity contribution in [3.8, 4) is 6.07 Å². The molecule has 1 aromatic rings. The van der Waals surface area contributed by atoms with E-state index in [4.69, 9.17) is 10.4 Å². The molecule has 21 heavy (non-hydrogen) atoms. The van der Waals surface area contributed by atoms with Crippen molar-refractivity contribution in [1.82, 2.24) is 4.90 Å². The number of amides is 1. The molecular formula is C16H23N3O2. The van der Waals surface area contributed by atoms with Gasteiger partial charge >= 0.3 is 0 Å². The van der Waals surface area contributed by atoms with Crippen LogP contribution in [0.25, 0.3) is 0 Å². The highest BCUT2D eigenvalue weighted by Crippen LogP contribution is 2.14. The Balaban J connectivity index is 2.39. The van der Waals surface area contributed by atoms with E-state index in [2.05, 4.69) is 23.2 Å². The number of benzene rings is 1. The van der Waals surface area contributed by atoms with E-state index in [0.717, 1.165) is 25.9 Å². The SMILES string of the molecule is CCCN(CCO)CCCC(=O)Nc1ccccc1C#N. The van der Waals surface area contributed by atoms with E-state index >= 15 is 0 Å². The first kappa shape index (κ1) is 17.2. The van der Waals surface area contributed by atoms with Crippen LogP contribution in [0, 0.1) is 11.3 Å². The number of nitrogens with zero attached hydrogens (tertiary/aromatic N) is 2. The van der Waals surface area contributed by atoms with Crippen LogP contribution in [0.15, 0.2) is 24.3 Å². The molecule has 0 radical (unpaired) electrons. The molecule has 0 saturated heterocycles. The molecule has 0 aliphatic heterocycles. The highest BCUT2D eigenvalue weighted by molar-refractivity contribution is 5.92. The van der Waals surface area contributed by atoms with Gasteiger partial charge in [-0.05, 0) is 38.1 Å². The van der Waals surface area contributed by atoms with E-state index in [1.807, 2.05) is 0 Å². The summed E-state index contributed by atoms with van der Waals surface area (Å²) in [6.07, 6.45) is 2.17. The zero-order valence-electron chi connectivity index (χ0n) is 12.5. The summed E-state index contributed by atoms with van der Waals surface area (Å²) in [5.41, 5.74) is 1.03. The second-order valence-electron chi connectivity index (χ2n) is 4.87. The van der Waals surface area contributed by atoms with E-state index in [1.165, 1.54) is 0 Å². The Bertz CT molecular complexity index is 477. The molecule has 0 aliphatic rings. The second kappa shape index (κ2) is 9.92. The Hall–Kier alpha value is -1.90. The van der Waals surface area contributed by atoms with Gasteiger partial charge in [0, 0.05) is 13.0 Å². The number of hydrogen-bond acceptors (Lipinski definition) is 4. The number of hydrogen-bond donors (Lipinski definition) is 2. The van der Waals surface area contributed by atoms with Crippen LogP contribution in [0.2, 0.25) is 0 Å². The van der Waals surface area contributed by atoms with E-state index in [0.29, 0.717) is 24.2 Å². The number of nitrogens with one attached hydrogen (secondary N) is 1. The molecule has 5 heteroatoms. The van der Waals surface area contributed by atoms with Gasteiger partial charge in [0.05, 0.1) is 17.9 Å². The van der Waals surface area contributed by atoms with Gasteiger partial charge in [0.15, 0.2) is 0 Å². The Morgan fingerprint density at radius 1 is 1.33 bits per heavy atom. The number of carbonyl (C=O) groups is 1. The Morgan fingerprint density at radius 3 is 2.76 bits per heavy atom. The maximum absolute atomic E-state index is 11.9. The van der Waals surface area contributed by atoms with Gasteiger partial charge in [-0.15, -0.1) is 0 Å². The summed E-state index contributed by atoms with van der Waals surface area (Å²) in [4.78, 5) is 14.0. The molecule has 1 amide bonds. The van der Waals surface area contributed by atoms with Crippen LogP contribution in [0.5, 0.6) is 0 Å². The van der Waals surface area contributed by atoms with E-state index in [-0.39, 0.29) is 12.5 Å². The zero-order valence-corrected chi connectivity index (χ0v) is 12.5. The quantitative estimate of drug-likeness (QED) is 0.729. The van der Waals surface area contributed by atoms with Gasteiger partial charge in [0.1, 0.15) is 6.07 Å². The minimum absolute atomic E-state index is 0.0850. The smallest absolute Gasteiger partial charge is 0.224 e. The lowest BCUT2D eigenvalue weighted by Crippen LogP contribution is -2.29. The summed E-state index contributed by atoms with van der Waals surface area (Å²) in [6, 6.07) is 9.03. The van der Waals surface area contributed by atoms with Gasteiger partial charge in [-0.25, -0.2) is 0 Å². The predicted octanol–water partition coefficient (Wildman–Crippen LogP) is 1.98. The maximum Gasteiger partial charge on any atom is 0.224 e. The van der Waals surface area contributed by atoms with Crippen LogP contribution in [-0.4, -0.2) is 42.2 Å². The Kier molecular flexibility index (Phi) is 8.10. The molecule has 0 atom stereocenters. The number of nitriles is 1. The fourth-order valence-electron chi connectivity index (χ4n) is 2.16. The van der Waals surface area contributed by atoms with Crippen molar-refractivity contribution in [2.45, 2.75) is 26.2 Å². The first-order valence-corrected chi connectivity index (χ1v) is 7.33. The van der Waals surface area contributed by atoms with Gasteiger partial charge < -0.3 is 15.3 Å². The molecular weight excluding hydrogens is 266 g/mol. The van der Waals surface area contributed by atoms with Crippen molar-refractivity contribution in [2.24, 2.45) is 0 Å². The van der Waals surface area contributed by atoms with E-state index in [1.54, 1.807) is 24.3 Å². The first-order valence-electron chi connectivity index (χ1n) is 7.33. The zero-order chi connectivity index (χ0) is 15.5. The molecule has 2 N–H and O–H groups in total. The molecule has 0 unspecified atom stereocenters. The van der Waals surface area contributed by atoms with Crippen LogP contribution in [0.3, 0.4) is 0 Å². The van der Waals surface area contributed by atoms with Crippen LogP contribution >= 0.6 is 0 Å². The molecule has 1 rings (SSSR count). The normalized spacial score (nSPS) is 10.4. The minimum Gasteiger partial charge on any atom is -0.395 e. The van der Waals surface area contributed by atoms with E-state index < -0.39 is 0 Å². The molecule has 5 nitrogen and oxygen atoms in total. The summed E-state index contributed by atoms with van der Waals surface area (Å²) in [6.45, 7) is 4.60. The third kappa shape index (κ3) is 6.39. The number of carbonyl (C=O) groups excluding carboxylic acids is 1. The van der Waals surface area contributed by atoms with Crippen molar-refractivity contribution in [2.75, 3.05) is 31.6 Å². The highest BCUT2D eigenvalue weighted by atomic mass is 16.3. The fraction of sp³-hybridized carbons (Fsp3) is 0.500. The maximum atomic E-state index is 11.9. The number of anilines is 1. The number of aliphatic hydroxyl groups excluding tert-OH is 1. The lowest BCUT2D eigenvalue weighted by atomic mass is 10.2.